The normalized spacial score (nSPS) is 10.2. The van der Waals surface area contributed by atoms with Gasteiger partial charge in [0.25, 0.3) is 5.91 Å². The Kier molecular flexibility index (Phi) is 6.29. The number of carbonyl (C=O) groups excluding carboxylic acids is 2. The lowest BCUT2D eigenvalue weighted by Gasteiger charge is -2.07. The summed E-state index contributed by atoms with van der Waals surface area (Å²) in [4.78, 5) is 27.2. The number of hydrogen-bond acceptors (Lipinski definition) is 3. The van der Waals surface area contributed by atoms with Gasteiger partial charge in [0, 0.05) is 29.7 Å². The second-order valence-corrected chi connectivity index (χ2v) is 5.99. The third kappa shape index (κ3) is 5.83. The van der Waals surface area contributed by atoms with Crippen molar-refractivity contribution in [2.45, 2.75) is 19.9 Å². The zero-order chi connectivity index (χ0) is 16.7. The number of nitrogens with one attached hydrogen (secondary N) is 2. The monoisotopic (exact) mass is 375 g/mol. The smallest absolute Gasteiger partial charge is 0.251 e. The van der Waals surface area contributed by atoms with Gasteiger partial charge in [0.05, 0.1) is 12.2 Å². The van der Waals surface area contributed by atoms with E-state index in [1.54, 1.807) is 18.3 Å². The maximum absolute atomic E-state index is 12.1. The fourth-order valence-electron chi connectivity index (χ4n) is 2.00. The highest BCUT2D eigenvalue weighted by molar-refractivity contribution is 9.10. The van der Waals surface area contributed by atoms with Crippen molar-refractivity contribution in [1.82, 2.24) is 15.6 Å². The lowest BCUT2D eigenvalue weighted by molar-refractivity contribution is -0.119. The third-order valence-electron chi connectivity index (χ3n) is 3.21. The highest BCUT2D eigenvalue weighted by Gasteiger charge is 2.07. The molecule has 6 heteroatoms. The van der Waals surface area contributed by atoms with E-state index in [0.717, 1.165) is 16.5 Å². The Morgan fingerprint density at radius 3 is 2.57 bits per heavy atom. The summed E-state index contributed by atoms with van der Waals surface area (Å²) in [7, 11) is 0. The average Bonchev–Trinajstić information content (AvgIpc) is 2.55. The number of halogens is 1. The zero-order valence-corrected chi connectivity index (χ0v) is 14.4. The first-order valence-corrected chi connectivity index (χ1v) is 8.06. The van der Waals surface area contributed by atoms with Crippen LogP contribution < -0.4 is 10.6 Å². The lowest BCUT2D eigenvalue weighted by Crippen LogP contribution is -2.26. The molecule has 1 heterocycles. The number of carbonyl (C=O) groups is 2. The van der Waals surface area contributed by atoms with Crippen molar-refractivity contribution >= 4 is 27.7 Å². The van der Waals surface area contributed by atoms with Crippen LogP contribution in [0.25, 0.3) is 0 Å². The van der Waals surface area contributed by atoms with Crippen molar-refractivity contribution in [3.8, 4) is 0 Å². The van der Waals surface area contributed by atoms with Crippen LogP contribution >= 0.6 is 15.9 Å². The van der Waals surface area contributed by atoms with Gasteiger partial charge in [0.2, 0.25) is 5.91 Å². The van der Waals surface area contributed by atoms with Gasteiger partial charge in [-0.15, -0.1) is 0 Å². The van der Waals surface area contributed by atoms with Gasteiger partial charge < -0.3 is 10.6 Å². The minimum absolute atomic E-state index is 0.129. The summed E-state index contributed by atoms with van der Waals surface area (Å²) < 4.78 is 1.04. The van der Waals surface area contributed by atoms with Crippen LogP contribution in [0.2, 0.25) is 0 Å². The number of nitrogens with zero attached hydrogens (tertiary/aromatic N) is 1. The van der Waals surface area contributed by atoms with Crippen molar-refractivity contribution in [1.29, 1.82) is 0 Å². The van der Waals surface area contributed by atoms with E-state index in [0.29, 0.717) is 24.3 Å². The molecule has 0 fully saturated rings. The molecule has 2 amide bonds. The van der Waals surface area contributed by atoms with Crippen molar-refractivity contribution in [2.24, 2.45) is 0 Å². The molecule has 0 aliphatic heterocycles. The van der Waals surface area contributed by atoms with Gasteiger partial charge >= 0.3 is 0 Å². The lowest BCUT2D eigenvalue weighted by atomic mass is 10.1. The van der Waals surface area contributed by atoms with Gasteiger partial charge in [0.15, 0.2) is 0 Å². The van der Waals surface area contributed by atoms with Crippen LogP contribution in [-0.2, 0) is 17.8 Å². The molecule has 1 aromatic carbocycles. The molecule has 0 aliphatic rings. The standard InChI is InChI=1S/C17H18BrN3O2/c1-12(22)21-11-16-10-14(7-9-19-16)17(23)20-8-6-13-2-4-15(18)5-3-13/h2-5,7,9-10H,6,8,11H2,1H3,(H,20,23)(H,21,22). The number of rotatable bonds is 6. The molecule has 23 heavy (non-hydrogen) atoms. The SMILES string of the molecule is CC(=O)NCc1cc(C(=O)NCCc2ccc(Br)cc2)ccn1. The minimum atomic E-state index is -0.145. The fraction of sp³-hybridized carbons (Fsp3) is 0.235. The van der Waals surface area contributed by atoms with Crippen LogP contribution in [-0.4, -0.2) is 23.3 Å². The Balaban J connectivity index is 1.86. The summed E-state index contributed by atoms with van der Waals surface area (Å²) in [5.74, 6) is -0.273. The topological polar surface area (TPSA) is 71.1 Å². The predicted molar refractivity (Wildman–Crippen MR) is 91.9 cm³/mol. The Labute approximate surface area is 143 Å². The van der Waals surface area contributed by atoms with Gasteiger partial charge in [-0.05, 0) is 36.2 Å². The third-order valence-corrected chi connectivity index (χ3v) is 3.74. The van der Waals surface area contributed by atoms with E-state index in [9.17, 15) is 9.59 Å². The Morgan fingerprint density at radius 2 is 1.87 bits per heavy atom. The van der Waals surface area contributed by atoms with Gasteiger partial charge in [-0.3, -0.25) is 14.6 Å². The first-order chi connectivity index (χ1) is 11.0. The van der Waals surface area contributed by atoms with Crippen LogP contribution in [0.1, 0.15) is 28.5 Å². The van der Waals surface area contributed by atoms with Gasteiger partial charge in [-0.1, -0.05) is 28.1 Å². The van der Waals surface area contributed by atoms with Crippen LogP contribution in [0.15, 0.2) is 47.1 Å². The molecule has 5 nitrogen and oxygen atoms in total. The van der Waals surface area contributed by atoms with Crippen LogP contribution in [0, 0.1) is 0 Å². The molecule has 1 aromatic heterocycles. The molecule has 120 valence electrons. The number of aromatic nitrogens is 1. The highest BCUT2D eigenvalue weighted by atomic mass is 79.9. The molecule has 0 aliphatic carbocycles. The van der Waals surface area contributed by atoms with E-state index >= 15 is 0 Å². The first kappa shape index (κ1) is 17.1. The molecule has 0 unspecified atom stereocenters. The Morgan fingerprint density at radius 1 is 1.13 bits per heavy atom. The summed E-state index contributed by atoms with van der Waals surface area (Å²) in [5, 5.41) is 5.55. The molecule has 0 radical (unpaired) electrons. The summed E-state index contributed by atoms with van der Waals surface area (Å²) in [6.45, 7) is 2.32. The molecule has 0 atom stereocenters. The average molecular weight is 376 g/mol. The zero-order valence-electron chi connectivity index (χ0n) is 12.8. The predicted octanol–water partition coefficient (Wildman–Crippen LogP) is 2.45. The number of benzene rings is 1. The maximum Gasteiger partial charge on any atom is 0.251 e. The van der Waals surface area contributed by atoms with E-state index in [2.05, 4.69) is 31.5 Å². The van der Waals surface area contributed by atoms with Gasteiger partial charge in [-0.2, -0.15) is 0 Å². The molecular weight excluding hydrogens is 358 g/mol. The van der Waals surface area contributed by atoms with Crippen molar-refractivity contribution in [3.05, 3.63) is 63.9 Å². The summed E-state index contributed by atoms with van der Waals surface area (Å²) in [6.07, 6.45) is 2.34. The molecule has 0 spiro atoms. The van der Waals surface area contributed by atoms with E-state index < -0.39 is 0 Å². The summed E-state index contributed by atoms with van der Waals surface area (Å²) >= 11 is 3.39. The van der Waals surface area contributed by atoms with Gasteiger partial charge in [0.1, 0.15) is 0 Å². The van der Waals surface area contributed by atoms with Crippen LogP contribution in [0.3, 0.4) is 0 Å². The number of pyridine rings is 1. The Hall–Kier alpha value is -2.21. The molecular formula is C17H18BrN3O2. The van der Waals surface area contributed by atoms with E-state index in [4.69, 9.17) is 0 Å². The molecule has 0 saturated heterocycles. The van der Waals surface area contributed by atoms with Crippen LogP contribution in [0.4, 0.5) is 0 Å². The number of hydrogen-bond donors (Lipinski definition) is 2. The fourth-order valence-corrected chi connectivity index (χ4v) is 2.27. The maximum atomic E-state index is 12.1. The molecule has 0 bridgehead atoms. The molecule has 0 saturated carbocycles. The highest BCUT2D eigenvalue weighted by Crippen LogP contribution is 2.10. The second kappa shape index (κ2) is 8.43. The van der Waals surface area contributed by atoms with Crippen molar-refractivity contribution < 1.29 is 9.59 Å². The molecule has 2 N–H and O–H groups in total. The largest absolute Gasteiger partial charge is 0.352 e. The summed E-state index contributed by atoms with van der Waals surface area (Å²) in [5.41, 5.74) is 2.35. The van der Waals surface area contributed by atoms with E-state index in [1.807, 2.05) is 24.3 Å². The Bertz CT molecular complexity index is 686. The van der Waals surface area contributed by atoms with Gasteiger partial charge in [-0.25, -0.2) is 0 Å². The molecule has 2 aromatic rings. The quantitative estimate of drug-likeness (QED) is 0.814. The van der Waals surface area contributed by atoms with Crippen molar-refractivity contribution in [3.63, 3.8) is 0 Å². The molecule has 2 rings (SSSR count). The first-order valence-electron chi connectivity index (χ1n) is 7.26. The summed E-state index contributed by atoms with van der Waals surface area (Å²) in [6, 6.07) is 11.3. The van der Waals surface area contributed by atoms with Crippen LogP contribution in [0.5, 0.6) is 0 Å². The van der Waals surface area contributed by atoms with E-state index in [-0.39, 0.29) is 11.8 Å². The minimum Gasteiger partial charge on any atom is -0.352 e. The van der Waals surface area contributed by atoms with Crippen molar-refractivity contribution in [2.75, 3.05) is 6.54 Å². The number of amides is 2. The second-order valence-electron chi connectivity index (χ2n) is 5.08. The van der Waals surface area contributed by atoms with E-state index in [1.165, 1.54) is 6.92 Å².